The fourth-order valence-corrected chi connectivity index (χ4v) is 4.89. The Labute approximate surface area is 172 Å². The molecular formula is C23H32N4O2. The topological polar surface area (TPSA) is 51.8 Å². The molecule has 3 heterocycles. The van der Waals surface area contributed by atoms with Crippen LogP contribution in [0.4, 0.5) is 0 Å². The molecule has 0 spiro atoms. The zero-order chi connectivity index (χ0) is 19.6. The van der Waals surface area contributed by atoms with Crippen LogP contribution in [0.25, 0.3) is 10.9 Å². The number of H-pyrrole nitrogens is 1. The first-order chi connectivity index (χ1) is 14.3. The molecule has 1 aliphatic carbocycles. The number of fused-ring (bicyclic) bond motifs is 1. The number of nitrogens with one attached hydrogen (secondary N) is 1. The number of carbonyl (C=O) groups excluding carboxylic acids is 1. The van der Waals surface area contributed by atoms with Crippen LogP contribution in [0.15, 0.2) is 24.4 Å². The number of carbonyl (C=O) groups is 1. The standard InChI is InChI=1S/C23H32N4O2/c28-23(27-8-2-7-26(9-10-27)20-3-1-4-20)18-5-6-21-19(16-24-22(21)15-18)17-25-11-13-29-14-12-25/h5-6,15-16,20,24H,1-4,7-14,17H2. The number of hydrogen-bond donors (Lipinski definition) is 1. The lowest BCUT2D eigenvalue weighted by molar-refractivity contribution is 0.0343. The fourth-order valence-electron chi connectivity index (χ4n) is 4.89. The van der Waals surface area contributed by atoms with Gasteiger partial charge in [-0.15, -0.1) is 0 Å². The summed E-state index contributed by atoms with van der Waals surface area (Å²) in [6.45, 7) is 8.39. The number of benzene rings is 1. The summed E-state index contributed by atoms with van der Waals surface area (Å²) >= 11 is 0. The Morgan fingerprint density at radius 1 is 1.03 bits per heavy atom. The molecule has 29 heavy (non-hydrogen) atoms. The maximum Gasteiger partial charge on any atom is 0.253 e. The highest BCUT2D eigenvalue weighted by molar-refractivity contribution is 5.98. The van der Waals surface area contributed by atoms with Gasteiger partial charge in [-0.25, -0.2) is 0 Å². The van der Waals surface area contributed by atoms with E-state index in [4.69, 9.17) is 4.74 Å². The zero-order valence-electron chi connectivity index (χ0n) is 17.2. The van der Waals surface area contributed by atoms with Gasteiger partial charge in [0.05, 0.1) is 13.2 Å². The maximum atomic E-state index is 13.2. The van der Waals surface area contributed by atoms with E-state index in [1.807, 2.05) is 12.1 Å². The van der Waals surface area contributed by atoms with Crippen molar-refractivity contribution in [3.8, 4) is 0 Å². The van der Waals surface area contributed by atoms with Crippen molar-refractivity contribution in [1.29, 1.82) is 0 Å². The van der Waals surface area contributed by atoms with Gasteiger partial charge in [-0.05, 0) is 37.0 Å². The highest BCUT2D eigenvalue weighted by atomic mass is 16.5. The molecule has 5 rings (SSSR count). The van der Waals surface area contributed by atoms with Crippen molar-refractivity contribution < 1.29 is 9.53 Å². The van der Waals surface area contributed by atoms with Crippen LogP contribution in [0.5, 0.6) is 0 Å². The predicted molar refractivity (Wildman–Crippen MR) is 114 cm³/mol. The minimum atomic E-state index is 0.173. The summed E-state index contributed by atoms with van der Waals surface area (Å²) in [6, 6.07) is 6.93. The largest absolute Gasteiger partial charge is 0.379 e. The normalized spacial score (nSPS) is 22.6. The molecule has 1 N–H and O–H groups in total. The molecule has 1 aromatic heterocycles. The molecule has 6 nitrogen and oxygen atoms in total. The molecule has 0 unspecified atom stereocenters. The summed E-state index contributed by atoms with van der Waals surface area (Å²) in [4.78, 5) is 23.6. The van der Waals surface area contributed by atoms with Crippen LogP contribution < -0.4 is 0 Å². The second kappa shape index (κ2) is 8.46. The van der Waals surface area contributed by atoms with Crippen LogP contribution in [-0.4, -0.2) is 84.1 Å². The molecular weight excluding hydrogens is 364 g/mol. The SMILES string of the molecule is O=C(c1ccc2c(CN3CCOCC3)c[nH]c2c1)N1CCCN(C2CCC2)CC1. The van der Waals surface area contributed by atoms with Crippen molar-refractivity contribution in [3.63, 3.8) is 0 Å². The van der Waals surface area contributed by atoms with Gasteiger partial charge in [0, 0.05) is 74.5 Å². The first-order valence-electron chi connectivity index (χ1n) is 11.2. The van der Waals surface area contributed by atoms with Crippen molar-refractivity contribution in [1.82, 2.24) is 19.7 Å². The van der Waals surface area contributed by atoms with Gasteiger partial charge in [-0.1, -0.05) is 12.5 Å². The quantitative estimate of drug-likeness (QED) is 0.863. The van der Waals surface area contributed by atoms with Crippen molar-refractivity contribution in [2.45, 2.75) is 38.3 Å². The van der Waals surface area contributed by atoms with Crippen LogP contribution >= 0.6 is 0 Å². The molecule has 6 heteroatoms. The Morgan fingerprint density at radius 2 is 1.90 bits per heavy atom. The number of ether oxygens (including phenoxy) is 1. The van der Waals surface area contributed by atoms with E-state index in [1.54, 1.807) is 0 Å². The van der Waals surface area contributed by atoms with Gasteiger partial charge < -0.3 is 14.6 Å². The molecule has 2 aliphatic heterocycles. The summed E-state index contributed by atoms with van der Waals surface area (Å²) in [5.41, 5.74) is 3.16. The second-order valence-electron chi connectivity index (χ2n) is 8.73. The Hall–Kier alpha value is -1.89. The van der Waals surface area contributed by atoms with E-state index in [1.165, 1.54) is 30.2 Å². The third kappa shape index (κ3) is 4.06. The lowest BCUT2D eigenvalue weighted by atomic mass is 9.91. The summed E-state index contributed by atoms with van der Waals surface area (Å²) < 4.78 is 5.45. The van der Waals surface area contributed by atoms with Gasteiger partial charge in [0.25, 0.3) is 5.91 Å². The monoisotopic (exact) mass is 396 g/mol. The van der Waals surface area contributed by atoms with Crippen molar-refractivity contribution in [3.05, 3.63) is 35.5 Å². The Bertz CT molecular complexity index is 854. The molecule has 0 radical (unpaired) electrons. The van der Waals surface area contributed by atoms with E-state index in [0.29, 0.717) is 0 Å². The summed E-state index contributed by atoms with van der Waals surface area (Å²) in [7, 11) is 0. The van der Waals surface area contributed by atoms with Gasteiger partial charge in [-0.3, -0.25) is 14.6 Å². The average Bonchev–Trinajstić information content (AvgIpc) is 2.95. The molecule has 0 bridgehead atoms. The molecule has 3 aliphatic rings. The van der Waals surface area contributed by atoms with Gasteiger partial charge >= 0.3 is 0 Å². The number of aromatic nitrogens is 1. The average molecular weight is 397 g/mol. The van der Waals surface area contributed by atoms with E-state index >= 15 is 0 Å². The van der Waals surface area contributed by atoms with Crippen molar-refractivity contribution in [2.75, 3.05) is 52.5 Å². The minimum absolute atomic E-state index is 0.173. The molecule has 1 amide bonds. The Morgan fingerprint density at radius 3 is 2.69 bits per heavy atom. The molecule has 156 valence electrons. The number of amides is 1. The highest BCUT2D eigenvalue weighted by Crippen LogP contribution is 2.26. The van der Waals surface area contributed by atoms with Crippen LogP contribution in [-0.2, 0) is 11.3 Å². The molecule has 2 aromatic rings. The van der Waals surface area contributed by atoms with Crippen molar-refractivity contribution in [2.24, 2.45) is 0 Å². The molecule has 1 saturated carbocycles. The minimum Gasteiger partial charge on any atom is -0.379 e. The molecule has 1 aromatic carbocycles. The Kier molecular flexibility index (Phi) is 5.57. The van der Waals surface area contributed by atoms with E-state index in [9.17, 15) is 4.79 Å². The second-order valence-corrected chi connectivity index (χ2v) is 8.73. The van der Waals surface area contributed by atoms with Gasteiger partial charge in [0.15, 0.2) is 0 Å². The van der Waals surface area contributed by atoms with Crippen LogP contribution in [0, 0.1) is 0 Å². The lowest BCUT2D eigenvalue weighted by Crippen LogP contribution is -2.42. The number of hydrogen-bond acceptors (Lipinski definition) is 4. The summed E-state index contributed by atoms with van der Waals surface area (Å²) in [6.07, 6.45) is 7.22. The Balaban J connectivity index is 1.26. The molecule has 0 atom stereocenters. The van der Waals surface area contributed by atoms with Gasteiger partial charge in [0.1, 0.15) is 0 Å². The zero-order valence-corrected chi connectivity index (χ0v) is 17.2. The molecule has 2 saturated heterocycles. The predicted octanol–water partition coefficient (Wildman–Crippen LogP) is 2.70. The van der Waals surface area contributed by atoms with Crippen LogP contribution in [0.1, 0.15) is 41.6 Å². The number of nitrogens with zero attached hydrogens (tertiary/aromatic N) is 3. The number of aromatic amines is 1. The van der Waals surface area contributed by atoms with Crippen LogP contribution in [0.3, 0.4) is 0 Å². The molecule has 3 fully saturated rings. The summed E-state index contributed by atoms with van der Waals surface area (Å²) in [5, 5.41) is 1.22. The van der Waals surface area contributed by atoms with Crippen molar-refractivity contribution >= 4 is 16.8 Å². The first-order valence-corrected chi connectivity index (χ1v) is 11.2. The fraction of sp³-hybridized carbons (Fsp3) is 0.609. The van der Waals surface area contributed by atoms with Gasteiger partial charge in [0.2, 0.25) is 0 Å². The number of rotatable bonds is 4. The van der Waals surface area contributed by atoms with E-state index in [0.717, 1.165) is 82.6 Å². The third-order valence-electron chi connectivity index (χ3n) is 6.92. The van der Waals surface area contributed by atoms with E-state index in [2.05, 4.69) is 31.9 Å². The third-order valence-corrected chi connectivity index (χ3v) is 6.92. The van der Waals surface area contributed by atoms with E-state index < -0.39 is 0 Å². The van der Waals surface area contributed by atoms with E-state index in [-0.39, 0.29) is 5.91 Å². The smallest absolute Gasteiger partial charge is 0.253 e. The number of morpholine rings is 1. The van der Waals surface area contributed by atoms with Gasteiger partial charge in [-0.2, -0.15) is 0 Å². The lowest BCUT2D eigenvalue weighted by Gasteiger charge is -2.36. The van der Waals surface area contributed by atoms with Crippen LogP contribution in [0.2, 0.25) is 0 Å². The maximum absolute atomic E-state index is 13.2. The highest BCUT2D eigenvalue weighted by Gasteiger charge is 2.28. The summed E-state index contributed by atoms with van der Waals surface area (Å²) in [5.74, 6) is 0.173. The first kappa shape index (κ1) is 19.1.